The normalized spacial score (nSPS) is 20.6. The van der Waals surface area contributed by atoms with Crippen molar-refractivity contribution >= 4 is 0 Å². The molecule has 0 radical (unpaired) electrons. The van der Waals surface area contributed by atoms with Gasteiger partial charge in [0.05, 0.1) is 7.11 Å². The number of nitrogens with zero attached hydrogens (tertiary/aromatic N) is 1. The zero-order valence-electron chi connectivity index (χ0n) is 13.0. The van der Waals surface area contributed by atoms with Gasteiger partial charge >= 0.3 is 0 Å². The summed E-state index contributed by atoms with van der Waals surface area (Å²) in [7, 11) is 1.69. The Bertz CT molecular complexity index is 396. The second-order valence-corrected chi connectivity index (χ2v) is 5.93. The van der Waals surface area contributed by atoms with Crippen molar-refractivity contribution in [2.75, 3.05) is 20.2 Å². The highest BCUT2D eigenvalue weighted by Crippen LogP contribution is 2.26. The van der Waals surface area contributed by atoms with Crippen LogP contribution in [0.15, 0.2) is 24.3 Å². The van der Waals surface area contributed by atoms with Crippen LogP contribution >= 0.6 is 0 Å². The molecule has 2 atom stereocenters. The van der Waals surface area contributed by atoms with Gasteiger partial charge in [0, 0.05) is 12.1 Å². The van der Waals surface area contributed by atoms with Crippen molar-refractivity contribution in [3.63, 3.8) is 0 Å². The lowest BCUT2D eigenvalue weighted by molar-refractivity contribution is 0.124. The summed E-state index contributed by atoms with van der Waals surface area (Å²) in [5.41, 5.74) is 7.64. The van der Waals surface area contributed by atoms with E-state index in [1.54, 1.807) is 7.11 Å². The van der Waals surface area contributed by atoms with Crippen LogP contribution in [0.2, 0.25) is 0 Å². The second kappa shape index (κ2) is 7.09. The average Bonchev–Trinajstić information content (AvgIpc) is 2.53. The van der Waals surface area contributed by atoms with Crippen LogP contribution in [0.1, 0.15) is 44.7 Å². The van der Waals surface area contributed by atoms with Gasteiger partial charge in [-0.05, 0) is 56.5 Å². The fourth-order valence-corrected chi connectivity index (χ4v) is 3.10. The Morgan fingerprint density at radius 1 is 1.25 bits per heavy atom. The molecule has 2 N–H and O–H groups in total. The van der Waals surface area contributed by atoms with E-state index in [9.17, 15) is 0 Å². The lowest BCUT2D eigenvalue weighted by Gasteiger charge is -2.38. The highest BCUT2D eigenvalue weighted by molar-refractivity contribution is 5.29. The molecule has 20 heavy (non-hydrogen) atoms. The van der Waals surface area contributed by atoms with Crippen molar-refractivity contribution < 1.29 is 4.74 Å². The van der Waals surface area contributed by atoms with E-state index in [1.165, 1.54) is 37.9 Å². The van der Waals surface area contributed by atoms with Crippen LogP contribution in [0.3, 0.4) is 0 Å². The SMILES string of the molecule is CCC1CCN(C(C)C(N)c2ccc(OC)cc2)CC1. The number of nitrogens with two attached hydrogens (primary N) is 1. The van der Waals surface area contributed by atoms with Crippen LogP contribution in [0.25, 0.3) is 0 Å². The molecule has 1 aliphatic heterocycles. The fraction of sp³-hybridized carbons (Fsp3) is 0.647. The molecule has 0 spiro atoms. The van der Waals surface area contributed by atoms with Gasteiger partial charge in [-0.1, -0.05) is 25.5 Å². The first kappa shape index (κ1) is 15.3. The monoisotopic (exact) mass is 276 g/mol. The Balaban J connectivity index is 1.95. The van der Waals surface area contributed by atoms with E-state index < -0.39 is 0 Å². The van der Waals surface area contributed by atoms with Crippen LogP contribution in [-0.2, 0) is 0 Å². The molecule has 0 aromatic heterocycles. The quantitative estimate of drug-likeness (QED) is 0.897. The van der Waals surface area contributed by atoms with E-state index in [4.69, 9.17) is 10.5 Å². The van der Waals surface area contributed by atoms with Crippen molar-refractivity contribution in [3.8, 4) is 5.75 Å². The number of likely N-dealkylation sites (tertiary alicyclic amines) is 1. The molecule has 112 valence electrons. The molecular weight excluding hydrogens is 248 g/mol. The van der Waals surface area contributed by atoms with Crippen LogP contribution in [-0.4, -0.2) is 31.1 Å². The van der Waals surface area contributed by atoms with E-state index in [-0.39, 0.29) is 6.04 Å². The van der Waals surface area contributed by atoms with Gasteiger partial charge in [-0.2, -0.15) is 0 Å². The molecule has 0 bridgehead atoms. The predicted molar refractivity (Wildman–Crippen MR) is 84.0 cm³/mol. The zero-order chi connectivity index (χ0) is 14.5. The van der Waals surface area contributed by atoms with Gasteiger partial charge in [-0.15, -0.1) is 0 Å². The van der Waals surface area contributed by atoms with Crippen molar-refractivity contribution in [1.29, 1.82) is 0 Å². The lowest BCUT2D eigenvalue weighted by Crippen LogP contribution is -2.45. The molecule has 1 aromatic rings. The number of rotatable bonds is 5. The number of hydrogen-bond donors (Lipinski definition) is 1. The Kier molecular flexibility index (Phi) is 5.44. The molecule has 1 aromatic carbocycles. The number of methoxy groups -OCH3 is 1. The van der Waals surface area contributed by atoms with E-state index in [0.29, 0.717) is 6.04 Å². The average molecular weight is 276 g/mol. The summed E-state index contributed by atoms with van der Waals surface area (Å²) in [4.78, 5) is 2.54. The third-order valence-corrected chi connectivity index (χ3v) is 4.82. The Hall–Kier alpha value is -1.06. The maximum atomic E-state index is 6.45. The Morgan fingerprint density at radius 2 is 1.85 bits per heavy atom. The molecule has 3 heteroatoms. The van der Waals surface area contributed by atoms with Crippen molar-refractivity contribution in [2.24, 2.45) is 11.7 Å². The highest BCUT2D eigenvalue weighted by atomic mass is 16.5. The molecule has 1 fully saturated rings. The van der Waals surface area contributed by atoms with E-state index >= 15 is 0 Å². The number of hydrogen-bond acceptors (Lipinski definition) is 3. The molecule has 3 nitrogen and oxygen atoms in total. The third kappa shape index (κ3) is 3.53. The van der Waals surface area contributed by atoms with Crippen LogP contribution in [0.4, 0.5) is 0 Å². The second-order valence-electron chi connectivity index (χ2n) is 5.93. The van der Waals surface area contributed by atoms with Gasteiger partial charge in [0.15, 0.2) is 0 Å². The summed E-state index contributed by atoms with van der Waals surface area (Å²) in [6.45, 7) is 6.92. The Labute approximate surface area is 123 Å². The van der Waals surface area contributed by atoms with E-state index in [0.717, 1.165) is 11.7 Å². The van der Waals surface area contributed by atoms with Crippen LogP contribution in [0, 0.1) is 5.92 Å². The molecule has 1 saturated heterocycles. The molecule has 0 amide bonds. The third-order valence-electron chi connectivity index (χ3n) is 4.82. The maximum Gasteiger partial charge on any atom is 0.118 e. The van der Waals surface area contributed by atoms with Crippen LogP contribution in [0.5, 0.6) is 5.75 Å². The number of piperidine rings is 1. The standard InChI is InChI=1S/C17H28N2O/c1-4-14-9-11-19(12-10-14)13(2)17(18)15-5-7-16(20-3)8-6-15/h5-8,13-14,17H,4,9-12,18H2,1-3H3. The first-order valence-corrected chi connectivity index (χ1v) is 7.79. The molecule has 0 saturated carbocycles. The Morgan fingerprint density at radius 3 is 2.35 bits per heavy atom. The van der Waals surface area contributed by atoms with Gasteiger partial charge in [0.2, 0.25) is 0 Å². The van der Waals surface area contributed by atoms with Crippen molar-refractivity contribution in [2.45, 2.75) is 45.2 Å². The first-order valence-electron chi connectivity index (χ1n) is 7.79. The summed E-state index contributed by atoms with van der Waals surface area (Å²) in [5, 5.41) is 0. The smallest absolute Gasteiger partial charge is 0.118 e. The molecule has 0 aliphatic carbocycles. The zero-order valence-corrected chi connectivity index (χ0v) is 13.0. The number of benzene rings is 1. The topological polar surface area (TPSA) is 38.5 Å². The van der Waals surface area contributed by atoms with Crippen molar-refractivity contribution in [3.05, 3.63) is 29.8 Å². The van der Waals surface area contributed by atoms with Gasteiger partial charge in [-0.3, -0.25) is 4.90 Å². The summed E-state index contributed by atoms with van der Waals surface area (Å²) < 4.78 is 5.20. The van der Waals surface area contributed by atoms with E-state index in [2.05, 4.69) is 30.9 Å². The lowest BCUT2D eigenvalue weighted by atomic mass is 9.91. The predicted octanol–water partition coefficient (Wildman–Crippen LogP) is 3.21. The minimum Gasteiger partial charge on any atom is -0.497 e. The van der Waals surface area contributed by atoms with Crippen LogP contribution < -0.4 is 10.5 Å². The fourth-order valence-electron chi connectivity index (χ4n) is 3.10. The molecule has 2 unspecified atom stereocenters. The summed E-state index contributed by atoms with van der Waals surface area (Å²) in [5.74, 6) is 1.80. The molecular formula is C17H28N2O. The largest absolute Gasteiger partial charge is 0.497 e. The molecule has 2 rings (SSSR count). The van der Waals surface area contributed by atoms with E-state index in [1.807, 2.05) is 12.1 Å². The van der Waals surface area contributed by atoms with Gasteiger partial charge in [0.1, 0.15) is 5.75 Å². The molecule has 1 aliphatic rings. The molecule has 1 heterocycles. The minimum atomic E-state index is 0.0686. The van der Waals surface area contributed by atoms with Gasteiger partial charge < -0.3 is 10.5 Å². The van der Waals surface area contributed by atoms with Crippen molar-refractivity contribution in [1.82, 2.24) is 4.90 Å². The minimum absolute atomic E-state index is 0.0686. The summed E-state index contributed by atoms with van der Waals surface area (Å²) >= 11 is 0. The summed E-state index contributed by atoms with van der Waals surface area (Å²) in [6.07, 6.45) is 3.94. The first-order chi connectivity index (χ1) is 9.65. The summed E-state index contributed by atoms with van der Waals surface area (Å²) in [6, 6.07) is 8.61. The number of ether oxygens (including phenoxy) is 1. The highest BCUT2D eigenvalue weighted by Gasteiger charge is 2.26. The van der Waals surface area contributed by atoms with Gasteiger partial charge in [-0.25, -0.2) is 0 Å². The maximum absolute atomic E-state index is 6.45. The van der Waals surface area contributed by atoms with Gasteiger partial charge in [0.25, 0.3) is 0 Å².